The zero-order valence-electron chi connectivity index (χ0n) is 22.8. The summed E-state index contributed by atoms with van der Waals surface area (Å²) in [7, 11) is 0. The van der Waals surface area contributed by atoms with Crippen LogP contribution in [0.4, 0.5) is 0 Å². The van der Waals surface area contributed by atoms with Gasteiger partial charge in [0.1, 0.15) is 6.04 Å². The van der Waals surface area contributed by atoms with Crippen molar-refractivity contribution in [2.24, 2.45) is 0 Å². The Morgan fingerprint density at radius 1 is 0.675 bits per heavy atom. The second kappa shape index (κ2) is 12.0. The van der Waals surface area contributed by atoms with Crippen molar-refractivity contribution in [3.8, 4) is 11.1 Å². The first-order chi connectivity index (χ1) is 19.4. The number of benzene rings is 5. The number of nitrogens with zero attached hydrogens (tertiary/aromatic N) is 1. The van der Waals surface area contributed by atoms with Crippen LogP contribution in [0.15, 0.2) is 121 Å². The summed E-state index contributed by atoms with van der Waals surface area (Å²) in [5.74, 6) is -0.943. The van der Waals surface area contributed by atoms with Crippen molar-refractivity contribution < 1.29 is 14.7 Å². The number of carbonyl (C=O) groups excluding carboxylic acids is 1. The molecule has 0 heterocycles. The number of hydrogen-bond acceptors (Lipinski definition) is 2. The Bertz CT molecular complexity index is 1610. The van der Waals surface area contributed by atoms with Gasteiger partial charge in [0.25, 0.3) is 5.91 Å². The highest BCUT2D eigenvalue weighted by atomic mass is 16.4. The predicted molar refractivity (Wildman–Crippen MR) is 161 cm³/mol. The highest BCUT2D eigenvalue weighted by Gasteiger charge is 2.31. The molecule has 4 heteroatoms. The molecule has 0 aliphatic rings. The van der Waals surface area contributed by atoms with Gasteiger partial charge in [0.15, 0.2) is 0 Å². The molecule has 0 aromatic heterocycles. The van der Waals surface area contributed by atoms with Crippen LogP contribution in [-0.4, -0.2) is 27.9 Å². The number of carboxylic acid groups (broad SMARTS) is 1. The van der Waals surface area contributed by atoms with Gasteiger partial charge in [-0.25, -0.2) is 4.79 Å². The second-order valence-electron chi connectivity index (χ2n) is 10.5. The largest absolute Gasteiger partial charge is 0.480 e. The molecule has 40 heavy (non-hydrogen) atoms. The fourth-order valence-corrected chi connectivity index (χ4v) is 5.03. The lowest BCUT2D eigenvalue weighted by Crippen LogP contribution is -2.46. The maximum Gasteiger partial charge on any atom is 0.326 e. The van der Waals surface area contributed by atoms with Crippen molar-refractivity contribution in [2.45, 2.75) is 38.8 Å². The molecule has 0 aliphatic carbocycles. The quantitative estimate of drug-likeness (QED) is 0.211. The van der Waals surface area contributed by atoms with E-state index in [9.17, 15) is 14.7 Å². The van der Waals surface area contributed by atoms with Crippen LogP contribution >= 0.6 is 0 Å². The molecule has 0 saturated heterocycles. The van der Waals surface area contributed by atoms with Crippen LogP contribution in [0.1, 0.15) is 46.8 Å². The van der Waals surface area contributed by atoms with Crippen LogP contribution in [0.2, 0.25) is 0 Å². The van der Waals surface area contributed by atoms with E-state index in [-0.39, 0.29) is 18.9 Å². The van der Waals surface area contributed by atoms with E-state index < -0.39 is 12.0 Å². The summed E-state index contributed by atoms with van der Waals surface area (Å²) in [5.41, 5.74) is 5.59. The first-order valence-electron chi connectivity index (χ1n) is 13.6. The van der Waals surface area contributed by atoms with Crippen LogP contribution < -0.4 is 0 Å². The Kier molecular flexibility index (Phi) is 8.07. The molecule has 0 spiro atoms. The van der Waals surface area contributed by atoms with E-state index in [1.807, 2.05) is 103 Å². The van der Waals surface area contributed by atoms with Crippen molar-refractivity contribution in [1.29, 1.82) is 0 Å². The predicted octanol–water partition coefficient (Wildman–Crippen LogP) is 7.97. The van der Waals surface area contributed by atoms with E-state index >= 15 is 0 Å². The summed E-state index contributed by atoms with van der Waals surface area (Å²) in [4.78, 5) is 28.2. The average molecular weight is 528 g/mol. The standard InChI is InChI=1S/C36H33NO3/c1-25(2)28-16-14-27(15-17-28)24-37(35(38)33-21-20-30-10-6-7-11-32(30)23-33)34(36(39)40)22-26-12-18-31(19-13-26)29-8-4-3-5-9-29/h3-21,23,25,34H,22,24H2,1-2H3,(H,39,40)/t34-/m0/s1. The van der Waals surface area contributed by atoms with Gasteiger partial charge in [-0.1, -0.05) is 123 Å². The van der Waals surface area contributed by atoms with Crippen molar-refractivity contribution in [3.63, 3.8) is 0 Å². The number of fused-ring (bicyclic) bond motifs is 1. The second-order valence-corrected chi connectivity index (χ2v) is 10.5. The first-order valence-corrected chi connectivity index (χ1v) is 13.6. The first kappa shape index (κ1) is 26.9. The van der Waals surface area contributed by atoms with Crippen molar-refractivity contribution in [3.05, 3.63) is 144 Å². The van der Waals surface area contributed by atoms with Gasteiger partial charge in [0.05, 0.1) is 0 Å². The molecule has 5 rings (SSSR count). The number of hydrogen-bond donors (Lipinski definition) is 1. The van der Waals surface area contributed by atoms with Gasteiger partial charge in [0.2, 0.25) is 0 Å². The zero-order valence-corrected chi connectivity index (χ0v) is 22.8. The minimum Gasteiger partial charge on any atom is -0.480 e. The van der Waals surface area contributed by atoms with Gasteiger partial charge in [-0.3, -0.25) is 4.79 Å². The van der Waals surface area contributed by atoms with Gasteiger partial charge in [0, 0.05) is 18.5 Å². The lowest BCUT2D eigenvalue weighted by Gasteiger charge is -2.30. The molecule has 4 nitrogen and oxygen atoms in total. The van der Waals surface area contributed by atoms with Crippen LogP contribution in [0.3, 0.4) is 0 Å². The van der Waals surface area contributed by atoms with Gasteiger partial charge >= 0.3 is 5.97 Å². The van der Waals surface area contributed by atoms with E-state index in [0.717, 1.165) is 33.0 Å². The van der Waals surface area contributed by atoms with Crippen molar-refractivity contribution in [1.82, 2.24) is 4.90 Å². The van der Waals surface area contributed by atoms with Crippen LogP contribution in [0.25, 0.3) is 21.9 Å². The summed E-state index contributed by atoms with van der Waals surface area (Å²) in [6, 6.07) is 38.4. The number of aliphatic carboxylic acids is 1. The summed E-state index contributed by atoms with van der Waals surface area (Å²) in [6.45, 7) is 4.46. The molecule has 200 valence electrons. The SMILES string of the molecule is CC(C)c1ccc(CN(C(=O)c2ccc3ccccc3c2)[C@@H](Cc2ccc(-c3ccccc3)cc2)C(=O)O)cc1. The van der Waals surface area contributed by atoms with E-state index in [0.29, 0.717) is 11.5 Å². The smallest absolute Gasteiger partial charge is 0.326 e. The lowest BCUT2D eigenvalue weighted by atomic mass is 9.98. The highest BCUT2D eigenvalue weighted by Crippen LogP contribution is 2.24. The molecule has 1 N–H and O–H groups in total. The monoisotopic (exact) mass is 527 g/mol. The van der Waals surface area contributed by atoms with E-state index in [2.05, 4.69) is 26.0 Å². The molecule has 5 aromatic carbocycles. The Morgan fingerprint density at radius 3 is 1.93 bits per heavy atom. The van der Waals surface area contributed by atoms with E-state index in [1.54, 1.807) is 6.07 Å². The molecule has 1 amide bonds. The van der Waals surface area contributed by atoms with E-state index in [4.69, 9.17) is 0 Å². The Labute approximate surface area is 235 Å². The maximum absolute atomic E-state index is 14.0. The third-order valence-corrected chi connectivity index (χ3v) is 7.41. The number of carboxylic acids is 1. The lowest BCUT2D eigenvalue weighted by molar-refractivity contribution is -0.142. The Balaban J connectivity index is 1.48. The van der Waals surface area contributed by atoms with Gasteiger partial charge in [-0.2, -0.15) is 0 Å². The summed E-state index contributed by atoms with van der Waals surface area (Å²) in [5, 5.41) is 12.4. The van der Waals surface area contributed by atoms with Crippen molar-refractivity contribution >= 4 is 22.6 Å². The normalized spacial score (nSPS) is 11.9. The summed E-state index contributed by atoms with van der Waals surface area (Å²) in [6.07, 6.45) is 0.202. The molecule has 0 aliphatic heterocycles. The third kappa shape index (κ3) is 6.13. The van der Waals surface area contributed by atoms with Gasteiger partial charge < -0.3 is 10.0 Å². The average Bonchev–Trinajstić information content (AvgIpc) is 2.99. The molecule has 1 atom stereocenters. The summed E-state index contributed by atoms with van der Waals surface area (Å²) >= 11 is 0. The Morgan fingerprint density at radius 2 is 1.27 bits per heavy atom. The number of amides is 1. The van der Waals surface area contributed by atoms with Crippen LogP contribution in [-0.2, 0) is 17.8 Å². The van der Waals surface area contributed by atoms with Crippen LogP contribution in [0.5, 0.6) is 0 Å². The van der Waals surface area contributed by atoms with Gasteiger partial charge in [-0.05, 0) is 56.6 Å². The third-order valence-electron chi connectivity index (χ3n) is 7.41. The fraction of sp³-hybridized carbons (Fsp3) is 0.167. The molecule has 0 saturated carbocycles. The van der Waals surface area contributed by atoms with Crippen molar-refractivity contribution in [2.75, 3.05) is 0 Å². The van der Waals surface area contributed by atoms with E-state index in [1.165, 1.54) is 10.5 Å². The molecule has 5 aromatic rings. The highest BCUT2D eigenvalue weighted by molar-refractivity contribution is 6.00. The summed E-state index contributed by atoms with van der Waals surface area (Å²) < 4.78 is 0. The number of carbonyl (C=O) groups is 2. The molecule has 0 radical (unpaired) electrons. The molecular weight excluding hydrogens is 494 g/mol. The minimum absolute atomic E-state index is 0.198. The van der Waals surface area contributed by atoms with Gasteiger partial charge in [-0.15, -0.1) is 0 Å². The molecule has 0 fully saturated rings. The molecular formula is C36H33NO3. The maximum atomic E-state index is 14.0. The fourth-order valence-electron chi connectivity index (χ4n) is 5.03. The molecule has 0 unspecified atom stereocenters. The number of rotatable bonds is 9. The zero-order chi connectivity index (χ0) is 28.1. The van der Waals surface area contributed by atoms with Crippen LogP contribution in [0, 0.1) is 0 Å². The minimum atomic E-state index is -1.04. The topological polar surface area (TPSA) is 57.6 Å². The Hall–Kier alpha value is -4.70. The molecule has 0 bridgehead atoms.